The lowest BCUT2D eigenvalue weighted by atomic mass is 10.0. The summed E-state index contributed by atoms with van der Waals surface area (Å²) in [6.07, 6.45) is -1.35. The minimum atomic E-state index is -4.58. The first-order chi connectivity index (χ1) is 12.6. The molecule has 0 fully saturated rings. The summed E-state index contributed by atoms with van der Waals surface area (Å²) < 4.78 is 39.9. The highest BCUT2D eigenvalue weighted by atomic mass is 32.2. The van der Waals surface area contributed by atoms with Gasteiger partial charge in [0.2, 0.25) is 5.91 Å². The van der Waals surface area contributed by atoms with Gasteiger partial charge in [-0.2, -0.15) is 24.9 Å². The summed E-state index contributed by atoms with van der Waals surface area (Å²) in [5.41, 5.74) is 5.26. The van der Waals surface area contributed by atoms with Crippen molar-refractivity contribution in [3.8, 4) is 0 Å². The fraction of sp³-hybridized carbons (Fsp3) is 0.412. The van der Waals surface area contributed by atoms with E-state index in [1.54, 1.807) is 0 Å². The molecule has 0 saturated heterocycles. The van der Waals surface area contributed by atoms with E-state index in [2.05, 4.69) is 10.3 Å². The van der Waals surface area contributed by atoms with E-state index in [1.807, 2.05) is 6.26 Å². The summed E-state index contributed by atoms with van der Waals surface area (Å²) >= 11 is 1.49. The second-order valence-corrected chi connectivity index (χ2v) is 7.02. The number of benzene rings is 1. The van der Waals surface area contributed by atoms with E-state index < -0.39 is 35.7 Å². The Labute approximate surface area is 157 Å². The van der Waals surface area contributed by atoms with Gasteiger partial charge in [0.15, 0.2) is 0 Å². The van der Waals surface area contributed by atoms with E-state index >= 15 is 0 Å². The molecule has 0 saturated carbocycles. The molecule has 0 aliphatic carbocycles. The second-order valence-electron chi connectivity index (χ2n) is 6.03. The number of alkyl halides is 3. The van der Waals surface area contributed by atoms with E-state index in [4.69, 9.17) is 5.73 Å². The molecule has 2 atom stereocenters. The summed E-state index contributed by atoms with van der Waals surface area (Å²) in [5.74, 6) is -1.37. The van der Waals surface area contributed by atoms with E-state index in [1.165, 1.54) is 30.1 Å². The zero-order valence-electron chi connectivity index (χ0n) is 14.5. The van der Waals surface area contributed by atoms with Crippen LogP contribution in [0.4, 0.5) is 13.2 Å². The van der Waals surface area contributed by atoms with Crippen molar-refractivity contribution < 1.29 is 27.9 Å². The number of nitrogens with two attached hydrogens (primary N) is 1. The van der Waals surface area contributed by atoms with E-state index in [0.29, 0.717) is 12.2 Å². The molecule has 0 spiro atoms. The molecule has 0 aliphatic heterocycles. The number of thioether (sulfide) groups is 1. The van der Waals surface area contributed by atoms with Crippen LogP contribution in [0, 0.1) is 0 Å². The maximum absolute atomic E-state index is 13.3. The van der Waals surface area contributed by atoms with Crippen LogP contribution in [0.3, 0.4) is 0 Å². The highest BCUT2D eigenvalue weighted by molar-refractivity contribution is 7.98. The molecule has 27 heavy (non-hydrogen) atoms. The molecule has 2 aromatic rings. The number of carbonyl (C=O) groups excluding carboxylic acids is 1. The van der Waals surface area contributed by atoms with E-state index in [9.17, 15) is 27.9 Å². The second kappa shape index (κ2) is 8.66. The Bertz CT molecular complexity index is 823. The van der Waals surface area contributed by atoms with Crippen molar-refractivity contribution in [2.24, 2.45) is 5.73 Å². The van der Waals surface area contributed by atoms with Crippen LogP contribution < -0.4 is 11.1 Å². The molecular formula is C17H20F3N3O3S. The molecule has 0 aliphatic rings. The fourth-order valence-electron chi connectivity index (χ4n) is 2.73. The van der Waals surface area contributed by atoms with Crippen LogP contribution >= 0.6 is 11.8 Å². The molecular weight excluding hydrogens is 383 g/mol. The number of hydrogen-bond acceptors (Lipinski definition) is 4. The molecule has 1 aromatic heterocycles. The lowest BCUT2D eigenvalue weighted by Crippen LogP contribution is -2.49. The molecule has 1 aromatic carbocycles. The first-order valence-electron chi connectivity index (χ1n) is 8.09. The zero-order chi connectivity index (χ0) is 20.2. The third kappa shape index (κ3) is 5.16. The molecule has 2 rings (SSSR count). The number of aliphatic carboxylic acids is 1. The lowest BCUT2D eigenvalue weighted by Gasteiger charge is -2.18. The number of aromatic amines is 1. The normalized spacial score (nSPS) is 14.1. The van der Waals surface area contributed by atoms with E-state index in [-0.39, 0.29) is 22.9 Å². The van der Waals surface area contributed by atoms with Crippen molar-refractivity contribution >= 4 is 34.5 Å². The van der Waals surface area contributed by atoms with Crippen molar-refractivity contribution in [3.63, 3.8) is 0 Å². The Morgan fingerprint density at radius 1 is 1.37 bits per heavy atom. The highest BCUT2D eigenvalue weighted by Gasteiger charge is 2.34. The number of H-pyrrole nitrogens is 1. The topological polar surface area (TPSA) is 108 Å². The Kier molecular flexibility index (Phi) is 6.77. The first kappa shape index (κ1) is 21.1. The van der Waals surface area contributed by atoms with Gasteiger partial charge >= 0.3 is 12.1 Å². The predicted molar refractivity (Wildman–Crippen MR) is 97.5 cm³/mol. The average molecular weight is 403 g/mol. The van der Waals surface area contributed by atoms with Gasteiger partial charge in [0.05, 0.1) is 11.6 Å². The minimum Gasteiger partial charge on any atom is -0.480 e. The maximum atomic E-state index is 13.3. The average Bonchev–Trinajstić information content (AvgIpc) is 3.00. The van der Waals surface area contributed by atoms with Gasteiger partial charge in [0.25, 0.3) is 0 Å². The molecule has 1 amide bonds. The van der Waals surface area contributed by atoms with Gasteiger partial charge in [0, 0.05) is 23.5 Å². The van der Waals surface area contributed by atoms with Gasteiger partial charge in [-0.1, -0.05) is 6.07 Å². The molecule has 1 unspecified atom stereocenters. The number of fused-ring (bicyclic) bond motifs is 1. The van der Waals surface area contributed by atoms with Gasteiger partial charge in [-0.25, -0.2) is 4.79 Å². The number of carboxylic acid groups (broad SMARTS) is 1. The first-order valence-corrected chi connectivity index (χ1v) is 9.48. The Morgan fingerprint density at radius 3 is 2.67 bits per heavy atom. The Morgan fingerprint density at radius 2 is 2.07 bits per heavy atom. The summed E-state index contributed by atoms with van der Waals surface area (Å²) in [6.45, 7) is 0. The van der Waals surface area contributed by atoms with Crippen molar-refractivity contribution in [3.05, 3.63) is 35.5 Å². The summed E-state index contributed by atoms with van der Waals surface area (Å²) in [5, 5.41) is 11.6. The predicted octanol–water partition coefficient (Wildman–Crippen LogP) is 2.38. The van der Waals surface area contributed by atoms with Crippen molar-refractivity contribution in [2.45, 2.75) is 31.1 Å². The molecule has 6 nitrogen and oxygen atoms in total. The van der Waals surface area contributed by atoms with Gasteiger partial charge in [-0.05, 0) is 36.1 Å². The van der Waals surface area contributed by atoms with Gasteiger partial charge in [-0.15, -0.1) is 0 Å². The smallest absolute Gasteiger partial charge is 0.417 e. The van der Waals surface area contributed by atoms with Crippen molar-refractivity contribution in [1.82, 2.24) is 10.3 Å². The minimum absolute atomic E-state index is 0.0998. The summed E-state index contributed by atoms with van der Waals surface area (Å²) in [7, 11) is 0. The number of carboxylic acids is 1. The molecule has 1 heterocycles. The van der Waals surface area contributed by atoms with Gasteiger partial charge in [-0.3, -0.25) is 4.79 Å². The van der Waals surface area contributed by atoms with Crippen LogP contribution in [-0.4, -0.2) is 46.1 Å². The van der Waals surface area contributed by atoms with Crippen molar-refractivity contribution in [1.29, 1.82) is 0 Å². The number of carbonyl (C=O) groups is 2. The van der Waals surface area contributed by atoms with Crippen molar-refractivity contribution in [2.75, 3.05) is 12.0 Å². The van der Waals surface area contributed by atoms with Crippen LogP contribution in [0.5, 0.6) is 0 Å². The van der Waals surface area contributed by atoms with Crippen LogP contribution in [0.1, 0.15) is 17.5 Å². The third-order valence-corrected chi connectivity index (χ3v) is 4.75. The SMILES string of the molecule is CSCCC(N)C(=O)N[C@@H](Cc1c[nH]c2cccc(C(F)(F)F)c12)C(=O)O. The van der Waals surface area contributed by atoms with E-state index in [0.717, 1.165) is 6.07 Å². The summed E-state index contributed by atoms with van der Waals surface area (Å²) in [6, 6.07) is 1.41. The lowest BCUT2D eigenvalue weighted by molar-refractivity contribution is -0.142. The molecule has 5 N–H and O–H groups in total. The van der Waals surface area contributed by atoms with Crippen LogP contribution in [0.15, 0.2) is 24.4 Å². The Hall–Kier alpha value is -2.20. The number of amides is 1. The van der Waals surface area contributed by atoms with Gasteiger partial charge < -0.3 is 21.1 Å². The highest BCUT2D eigenvalue weighted by Crippen LogP contribution is 2.36. The Balaban J connectivity index is 2.27. The monoisotopic (exact) mass is 403 g/mol. The number of rotatable bonds is 8. The third-order valence-electron chi connectivity index (χ3n) is 4.10. The fourth-order valence-corrected chi connectivity index (χ4v) is 3.22. The number of halogens is 3. The quantitative estimate of drug-likeness (QED) is 0.541. The summed E-state index contributed by atoms with van der Waals surface area (Å²) in [4.78, 5) is 26.3. The standard InChI is InChI=1S/C17H20F3N3O3S/c1-27-6-5-11(21)15(24)23-13(16(25)26)7-9-8-22-12-4-2-3-10(14(9)12)17(18,19)20/h2-4,8,11,13,22H,5-7,21H2,1H3,(H,23,24)(H,25,26)/t11?,13-/m0/s1. The van der Waals surface area contributed by atoms with Gasteiger partial charge in [0.1, 0.15) is 6.04 Å². The number of aromatic nitrogens is 1. The van der Waals surface area contributed by atoms with Crippen LogP contribution in [0.25, 0.3) is 10.9 Å². The largest absolute Gasteiger partial charge is 0.480 e. The molecule has 0 radical (unpaired) electrons. The molecule has 10 heteroatoms. The maximum Gasteiger partial charge on any atom is 0.417 e. The molecule has 148 valence electrons. The zero-order valence-corrected chi connectivity index (χ0v) is 15.3. The molecule has 0 bridgehead atoms. The van der Waals surface area contributed by atoms with Crippen LogP contribution in [-0.2, 0) is 22.2 Å². The number of nitrogens with one attached hydrogen (secondary N) is 2. The number of hydrogen-bond donors (Lipinski definition) is 4. The van der Waals surface area contributed by atoms with Crippen LogP contribution in [0.2, 0.25) is 0 Å².